The lowest BCUT2D eigenvalue weighted by atomic mass is 9.78. The van der Waals surface area contributed by atoms with E-state index in [1.54, 1.807) is 38.2 Å². The van der Waals surface area contributed by atoms with Gasteiger partial charge in [-0.05, 0) is 94.0 Å². The molecule has 208 valence electrons. The highest BCUT2D eigenvalue weighted by Crippen LogP contribution is 2.42. The number of alkyl halides is 1. The first kappa shape index (κ1) is 27.7. The van der Waals surface area contributed by atoms with E-state index in [2.05, 4.69) is 10.8 Å². The lowest BCUT2D eigenvalue weighted by Crippen LogP contribution is -2.28. The summed E-state index contributed by atoms with van der Waals surface area (Å²) >= 11 is 0. The van der Waals surface area contributed by atoms with Crippen LogP contribution < -0.4 is 4.72 Å². The maximum absolute atomic E-state index is 15.9. The van der Waals surface area contributed by atoms with Crippen molar-refractivity contribution >= 4 is 26.9 Å². The Balaban J connectivity index is 1.58. The SMILES string of the molecule is CC(=N)/C(=C(/C)O)c1cnc2c(c1)CCC(CC1(F)CCCCC1)C=C2c1cccc(S(=O)(=O)NC2CC2)c1. The van der Waals surface area contributed by atoms with Crippen molar-refractivity contribution in [3.8, 4) is 0 Å². The smallest absolute Gasteiger partial charge is 0.240 e. The molecular formula is C31H38FN3O3S. The van der Waals surface area contributed by atoms with Gasteiger partial charge in [0.2, 0.25) is 10.0 Å². The van der Waals surface area contributed by atoms with Crippen LogP contribution in [0.15, 0.2) is 53.3 Å². The molecule has 1 aromatic carbocycles. The van der Waals surface area contributed by atoms with Gasteiger partial charge < -0.3 is 10.5 Å². The van der Waals surface area contributed by atoms with Gasteiger partial charge in [0, 0.05) is 34.7 Å². The van der Waals surface area contributed by atoms with E-state index >= 15 is 4.39 Å². The number of sulfonamides is 1. The molecule has 1 unspecified atom stereocenters. The first-order chi connectivity index (χ1) is 18.5. The van der Waals surface area contributed by atoms with E-state index in [1.807, 2.05) is 12.1 Å². The summed E-state index contributed by atoms with van der Waals surface area (Å²) in [6, 6.07) is 8.90. The third-order valence-electron chi connectivity index (χ3n) is 8.17. The van der Waals surface area contributed by atoms with Crippen LogP contribution in [0.25, 0.3) is 11.1 Å². The molecule has 0 amide bonds. The molecule has 3 aliphatic carbocycles. The number of allylic oxidation sites excluding steroid dienone is 3. The summed E-state index contributed by atoms with van der Waals surface area (Å²) in [5, 5.41) is 18.4. The van der Waals surface area contributed by atoms with Gasteiger partial charge in [0.1, 0.15) is 5.67 Å². The topological polar surface area (TPSA) is 103 Å². The van der Waals surface area contributed by atoms with E-state index in [0.29, 0.717) is 36.8 Å². The lowest BCUT2D eigenvalue weighted by molar-refractivity contribution is 0.0817. The van der Waals surface area contributed by atoms with Gasteiger partial charge in [-0.15, -0.1) is 0 Å². The lowest BCUT2D eigenvalue weighted by Gasteiger charge is -2.32. The fraction of sp³-hybridized carbons (Fsp3) is 0.484. The number of aryl methyl sites for hydroxylation is 1. The second-order valence-corrected chi connectivity index (χ2v) is 13.2. The van der Waals surface area contributed by atoms with Crippen molar-refractivity contribution in [3.05, 3.63) is 70.7 Å². The number of aliphatic hydroxyl groups excluding tert-OH is 1. The van der Waals surface area contributed by atoms with E-state index < -0.39 is 15.7 Å². The van der Waals surface area contributed by atoms with E-state index in [-0.39, 0.29) is 28.3 Å². The van der Waals surface area contributed by atoms with E-state index in [4.69, 9.17) is 10.4 Å². The molecule has 6 nitrogen and oxygen atoms in total. The van der Waals surface area contributed by atoms with Gasteiger partial charge >= 0.3 is 0 Å². The largest absolute Gasteiger partial charge is 0.512 e. The molecule has 0 saturated heterocycles. The van der Waals surface area contributed by atoms with Crippen LogP contribution in [-0.4, -0.2) is 35.9 Å². The molecule has 2 aromatic rings. The molecule has 0 aliphatic heterocycles. The molecule has 8 heteroatoms. The molecule has 0 radical (unpaired) electrons. The molecular weight excluding hydrogens is 513 g/mol. The van der Waals surface area contributed by atoms with Crippen molar-refractivity contribution in [2.45, 2.75) is 94.7 Å². The monoisotopic (exact) mass is 551 g/mol. The zero-order chi connectivity index (χ0) is 27.8. The second-order valence-electron chi connectivity index (χ2n) is 11.5. The molecule has 2 saturated carbocycles. The van der Waals surface area contributed by atoms with Crippen LogP contribution in [-0.2, 0) is 16.4 Å². The number of fused-ring (bicyclic) bond motifs is 1. The maximum Gasteiger partial charge on any atom is 0.240 e. The van der Waals surface area contributed by atoms with E-state index in [1.165, 1.54) is 0 Å². The minimum atomic E-state index is -3.64. The second kappa shape index (κ2) is 11.0. The summed E-state index contributed by atoms with van der Waals surface area (Å²) in [5.74, 6) is 0.0360. The van der Waals surface area contributed by atoms with Crippen LogP contribution in [0.4, 0.5) is 4.39 Å². The van der Waals surface area contributed by atoms with Crippen LogP contribution in [0, 0.1) is 11.3 Å². The van der Waals surface area contributed by atoms with Crippen LogP contribution in [0.3, 0.4) is 0 Å². The summed E-state index contributed by atoms with van der Waals surface area (Å²) in [6.07, 6.45) is 11.4. The van der Waals surface area contributed by atoms with Gasteiger partial charge in [0.15, 0.2) is 0 Å². The first-order valence-electron chi connectivity index (χ1n) is 14.0. The molecule has 3 N–H and O–H groups in total. The fourth-order valence-electron chi connectivity index (χ4n) is 6.09. The summed E-state index contributed by atoms with van der Waals surface area (Å²) in [6.45, 7) is 3.20. The Morgan fingerprint density at radius 1 is 1.15 bits per heavy atom. The summed E-state index contributed by atoms with van der Waals surface area (Å²) in [7, 11) is -3.64. The molecule has 39 heavy (non-hydrogen) atoms. The van der Waals surface area contributed by atoms with Crippen LogP contribution in [0.2, 0.25) is 0 Å². The van der Waals surface area contributed by atoms with Crippen molar-refractivity contribution < 1.29 is 17.9 Å². The zero-order valence-corrected chi connectivity index (χ0v) is 23.6. The summed E-state index contributed by atoms with van der Waals surface area (Å²) in [5.41, 5.74) is 3.40. The van der Waals surface area contributed by atoms with Crippen molar-refractivity contribution in [2.24, 2.45) is 5.92 Å². The average Bonchev–Trinajstić information content (AvgIpc) is 3.71. The molecule has 1 atom stereocenters. The van der Waals surface area contributed by atoms with Crippen molar-refractivity contribution in [1.29, 1.82) is 5.41 Å². The van der Waals surface area contributed by atoms with Crippen molar-refractivity contribution in [1.82, 2.24) is 9.71 Å². The van der Waals surface area contributed by atoms with Gasteiger partial charge in [-0.1, -0.05) is 37.5 Å². The number of hydrogen-bond acceptors (Lipinski definition) is 5. The maximum atomic E-state index is 15.9. The minimum Gasteiger partial charge on any atom is -0.512 e. The number of nitrogens with one attached hydrogen (secondary N) is 2. The Labute approximate surface area is 231 Å². The highest BCUT2D eigenvalue weighted by Gasteiger charge is 2.35. The Kier molecular flexibility index (Phi) is 7.80. The molecule has 1 aromatic heterocycles. The summed E-state index contributed by atoms with van der Waals surface area (Å²) in [4.78, 5) is 5.01. The molecule has 3 aliphatic rings. The number of benzene rings is 1. The summed E-state index contributed by atoms with van der Waals surface area (Å²) < 4.78 is 44.6. The van der Waals surface area contributed by atoms with Gasteiger partial charge in [0.05, 0.1) is 16.3 Å². The average molecular weight is 552 g/mol. The third-order valence-corrected chi connectivity index (χ3v) is 9.68. The van der Waals surface area contributed by atoms with Crippen LogP contribution in [0.1, 0.15) is 94.0 Å². The number of nitrogens with zero attached hydrogens (tertiary/aromatic N) is 1. The fourth-order valence-corrected chi connectivity index (χ4v) is 7.44. The molecule has 5 rings (SSSR count). The Morgan fingerprint density at radius 3 is 2.56 bits per heavy atom. The Bertz CT molecular complexity index is 1430. The molecule has 2 fully saturated rings. The molecule has 1 heterocycles. The van der Waals surface area contributed by atoms with Crippen LogP contribution in [0.5, 0.6) is 0 Å². The first-order valence-corrected chi connectivity index (χ1v) is 15.5. The number of aromatic nitrogens is 1. The number of aliphatic hydroxyl groups is 1. The number of pyridine rings is 1. The third kappa shape index (κ3) is 6.33. The highest BCUT2D eigenvalue weighted by atomic mass is 32.2. The standard InChI is InChI=1S/C31H38FN3O3S/c1-20(33)29(21(2)36)25-16-24-10-9-22(18-31(32)13-4-3-5-14-31)15-28(30(24)34-19-25)23-7-6-8-27(17-23)39(37,38)35-26-11-12-26/h6-8,15-17,19,22,26,33,35-36H,3-5,9-14,18H2,1-2H3/b29-21+,33-20?. The highest BCUT2D eigenvalue weighted by molar-refractivity contribution is 7.89. The van der Waals surface area contributed by atoms with Gasteiger partial charge in [-0.25, -0.2) is 17.5 Å². The molecule has 0 bridgehead atoms. The minimum absolute atomic E-state index is 0.00621. The Hall–Kier alpha value is -2.84. The van der Waals surface area contributed by atoms with E-state index in [0.717, 1.165) is 60.9 Å². The quantitative estimate of drug-likeness (QED) is 0.245. The van der Waals surface area contributed by atoms with Crippen molar-refractivity contribution in [2.75, 3.05) is 0 Å². The van der Waals surface area contributed by atoms with Gasteiger partial charge in [0.25, 0.3) is 0 Å². The van der Waals surface area contributed by atoms with Gasteiger partial charge in [-0.2, -0.15) is 0 Å². The number of halogens is 1. The normalized spacial score (nSPS) is 21.8. The number of hydrogen-bond donors (Lipinski definition) is 3. The number of rotatable bonds is 8. The molecule has 0 spiro atoms. The predicted octanol–water partition coefficient (Wildman–Crippen LogP) is 6.91. The van der Waals surface area contributed by atoms with Crippen molar-refractivity contribution in [3.63, 3.8) is 0 Å². The van der Waals surface area contributed by atoms with Crippen LogP contribution >= 0.6 is 0 Å². The Morgan fingerprint density at radius 2 is 1.90 bits per heavy atom. The zero-order valence-electron chi connectivity index (χ0n) is 22.8. The van der Waals surface area contributed by atoms with E-state index in [9.17, 15) is 13.5 Å². The van der Waals surface area contributed by atoms with Gasteiger partial charge in [-0.3, -0.25) is 4.98 Å². The predicted molar refractivity (Wildman–Crippen MR) is 153 cm³/mol.